The van der Waals surface area contributed by atoms with Crippen LogP contribution in [0.25, 0.3) is 24.3 Å². The van der Waals surface area contributed by atoms with Crippen LogP contribution >= 0.6 is 0 Å². The first kappa shape index (κ1) is 27.1. The Kier molecular flexibility index (Phi) is 11.1. The summed E-state index contributed by atoms with van der Waals surface area (Å²) in [4.78, 5) is 0. The van der Waals surface area contributed by atoms with E-state index in [0.29, 0.717) is 0 Å². The largest absolute Gasteiger partial charge is 0.496 e. The van der Waals surface area contributed by atoms with E-state index in [9.17, 15) is 0 Å². The summed E-state index contributed by atoms with van der Waals surface area (Å²) in [5.74, 6) is 2.49. The monoisotopic (exact) mass is 486 g/mol. The van der Waals surface area contributed by atoms with Gasteiger partial charge in [0.25, 0.3) is 0 Å². The zero-order chi connectivity index (χ0) is 25.6. The highest BCUT2D eigenvalue weighted by Gasteiger charge is 2.08. The van der Waals surface area contributed by atoms with E-state index in [0.717, 1.165) is 72.0 Å². The average Bonchev–Trinajstić information content (AvgIpc) is 2.91. The molecule has 3 aromatic carbocycles. The number of hydrogen-bond donors (Lipinski definition) is 0. The van der Waals surface area contributed by atoms with Crippen LogP contribution < -0.4 is 14.2 Å². The molecule has 0 unspecified atom stereocenters. The Morgan fingerprint density at radius 1 is 0.583 bits per heavy atom. The molecular formula is C32H38O4. The van der Waals surface area contributed by atoms with Gasteiger partial charge in [-0.25, -0.2) is 0 Å². The molecule has 0 bridgehead atoms. The van der Waals surface area contributed by atoms with Gasteiger partial charge in [0.1, 0.15) is 17.2 Å². The second kappa shape index (κ2) is 14.8. The number of rotatable bonds is 14. The number of hydrogen-bond acceptors (Lipinski definition) is 4. The van der Waals surface area contributed by atoms with Crippen molar-refractivity contribution < 1.29 is 18.9 Å². The Labute approximate surface area is 216 Å². The predicted octanol–water partition coefficient (Wildman–Crippen LogP) is 7.94. The number of methoxy groups -OCH3 is 3. The first-order valence-electron chi connectivity index (χ1n) is 12.5. The van der Waals surface area contributed by atoms with Gasteiger partial charge in [-0.1, -0.05) is 72.7 Å². The molecule has 4 heteroatoms. The minimum absolute atomic E-state index is 0.740. The van der Waals surface area contributed by atoms with Crippen LogP contribution in [0, 0.1) is 6.92 Å². The van der Waals surface area contributed by atoms with E-state index in [1.54, 1.807) is 21.3 Å². The molecule has 36 heavy (non-hydrogen) atoms. The highest BCUT2D eigenvalue weighted by molar-refractivity contribution is 5.79. The van der Waals surface area contributed by atoms with Crippen molar-refractivity contribution in [3.8, 4) is 17.2 Å². The number of unbranched alkanes of at least 4 members (excludes halogenated alkanes) is 3. The van der Waals surface area contributed by atoms with Crippen molar-refractivity contribution in [2.24, 2.45) is 0 Å². The normalized spacial score (nSPS) is 11.3. The van der Waals surface area contributed by atoms with Gasteiger partial charge in [-0.05, 0) is 61.6 Å². The molecular weight excluding hydrogens is 448 g/mol. The van der Waals surface area contributed by atoms with E-state index in [-0.39, 0.29) is 0 Å². The van der Waals surface area contributed by atoms with Crippen LogP contribution in [-0.2, 0) is 4.74 Å². The van der Waals surface area contributed by atoms with Gasteiger partial charge in [0.05, 0.1) is 20.8 Å². The lowest BCUT2D eigenvalue weighted by Crippen LogP contribution is -1.97. The molecule has 0 fully saturated rings. The Morgan fingerprint density at radius 2 is 1.08 bits per heavy atom. The quantitative estimate of drug-likeness (QED) is 0.171. The van der Waals surface area contributed by atoms with Crippen molar-refractivity contribution in [3.63, 3.8) is 0 Å². The molecule has 0 aliphatic rings. The number of ether oxygens (including phenoxy) is 4. The van der Waals surface area contributed by atoms with Crippen molar-refractivity contribution in [1.29, 1.82) is 0 Å². The Morgan fingerprint density at radius 3 is 1.58 bits per heavy atom. The summed E-state index contributed by atoms with van der Waals surface area (Å²) in [7, 11) is 5.13. The zero-order valence-electron chi connectivity index (χ0n) is 22.0. The lowest BCUT2D eigenvalue weighted by atomic mass is 10.0. The lowest BCUT2D eigenvalue weighted by molar-refractivity contribution is 0.191. The molecule has 3 rings (SSSR count). The zero-order valence-corrected chi connectivity index (χ0v) is 22.0. The maximum atomic E-state index is 5.87. The third kappa shape index (κ3) is 8.62. The molecule has 0 aliphatic carbocycles. The van der Waals surface area contributed by atoms with Crippen molar-refractivity contribution in [1.82, 2.24) is 0 Å². The smallest absolute Gasteiger partial charge is 0.126 e. The third-order valence-corrected chi connectivity index (χ3v) is 5.96. The van der Waals surface area contributed by atoms with E-state index in [1.165, 1.54) is 12.0 Å². The first-order chi connectivity index (χ1) is 17.6. The van der Waals surface area contributed by atoms with Crippen LogP contribution in [0.2, 0.25) is 0 Å². The second-order valence-corrected chi connectivity index (χ2v) is 8.74. The summed E-state index contributed by atoms with van der Waals surface area (Å²) in [5.41, 5.74) is 5.39. The summed E-state index contributed by atoms with van der Waals surface area (Å²) < 4.78 is 22.3. The first-order valence-corrected chi connectivity index (χ1v) is 12.5. The minimum Gasteiger partial charge on any atom is -0.496 e. The van der Waals surface area contributed by atoms with Gasteiger partial charge in [0, 0.05) is 24.8 Å². The van der Waals surface area contributed by atoms with Gasteiger partial charge in [0.15, 0.2) is 0 Å². The summed E-state index contributed by atoms with van der Waals surface area (Å²) >= 11 is 0. The van der Waals surface area contributed by atoms with Crippen molar-refractivity contribution in [3.05, 3.63) is 88.5 Å². The average molecular weight is 487 g/mol. The number of benzene rings is 3. The van der Waals surface area contributed by atoms with E-state index in [2.05, 4.69) is 61.5 Å². The topological polar surface area (TPSA) is 36.9 Å². The van der Waals surface area contributed by atoms with Gasteiger partial charge in [-0.3, -0.25) is 0 Å². The SMILES string of the molecule is COCCCCCCOc1ccc(/C=C/c2cc(OC)c(/C=C/c3ccc(C)cc3)cc2OC)cc1. The van der Waals surface area contributed by atoms with Crippen molar-refractivity contribution in [2.45, 2.75) is 32.6 Å². The Balaban J connectivity index is 1.62. The molecule has 0 amide bonds. The van der Waals surface area contributed by atoms with E-state index >= 15 is 0 Å². The molecule has 0 N–H and O–H groups in total. The van der Waals surface area contributed by atoms with Gasteiger partial charge in [0.2, 0.25) is 0 Å². The van der Waals surface area contributed by atoms with Gasteiger partial charge in [-0.2, -0.15) is 0 Å². The Hall–Kier alpha value is -3.50. The molecule has 4 nitrogen and oxygen atoms in total. The minimum atomic E-state index is 0.740. The summed E-state index contributed by atoms with van der Waals surface area (Å²) in [6.45, 7) is 3.66. The maximum Gasteiger partial charge on any atom is 0.126 e. The molecule has 0 aliphatic heterocycles. The van der Waals surface area contributed by atoms with Crippen LogP contribution in [0.3, 0.4) is 0 Å². The summed E-state index contributed by atoms with van der Waals surface area (Å²) in [6, 6.07) is 20.6. The third-order valence-electron chi connectivity index (χ3n) is 5.96. The summed E-state index contributed by atoms with van der Waals surface area (Å²) in [5, 5.41) is 0. The van der Waals surface area contributed by atoms with Gasteiger partial charge < -0.3 is 18.9 Å². The van der Waals surface area contributed by atoms with E-state index < -0.39 is 0 Å². The fraction of sp³-hybridized carbons (Fsp3) is 0.312. The van der Waals surface area contributed by atoms with Crippen LogP contribution in [-0.4, -0.2) is 34.5 Å². The second-order valence-electron chi connectivity index (χ2n) is 8.74. The van der Waals surface area contributed by atoms with Crippen molar-refractivity contribution >= 4 is 24.3 Å². The molecule has 0 radical (unpaired) electrons. The van der Waals surface area contributed by atoms with E-state index in [1.807, 2.05) is 30.3 Å². The molecule has 0 atom stereocenters. The molecule has 190 valence electrons. The molecule has 0 spiro atoms. The molecule has 3 aromatic rings. The van der Waals surface area contributed by atoms with E-state index in [4.69, 9.17) is 18.9 Å². The highest BCUT2D eigenvalue weighted by atomic mass is 16.5. The van der Waals surface area contributed by atoms with Gasteiger partial charge in [-0.15, -0.1) is 0 Å². The summed E-state index contributed by atoms with van der Waals surface area (Å²) in [6.07, 6.45) is 12.8. The van der Waals surface area contributed by atoms with Crippen LogP contribution in [0.15, 0.2) is 60.7 Å². The number of aryl methyl sites for hydroxylation is 1. The van der Waals surface area contributed by atoms with Crippen LogP contribution in [0.1, 0.15) is 53.5 Å². The predicted molar refractivity (Wildman–Crippen MR) is 151 cm³/mol. The lowest BCUT2D eigenvalue weighted by Gasteiger charge is -2.11. The highest BCUT2D eigenvalue weighted by Crippen LogP contribution is 2.32. The fourth-order valence-corrected chi connectivity index (χ4v) is 3.82. The van der Waals surface area contributed by atoms with Crippen molar-refractivity contribution in [2.75, 3.05) is 34.5 Å². The standard InChI is InChI=1S/C32H38O4/c1-25-9-11-26(12-10-25)13-17-28-23-32(35-4)29(24-31(28)34-3)18-14-27-15-19-30(20-16-27)36-22-8-6-5-7-21-33-2/h9-20,23-24H,5-8,21-22H2,1-4H3/b17-13+,18-14+. The molecule has 0 aromatic heterocycles. The van der Waals surface area contributed by atoms with Crippen LogP contribution in [0.4, 0.5) is 0 Å². The van der Waals surface area contributed by atoms with Gasteiger partial charge >= 0.3 is 0 Å². The molecule has 0 saturated carbocycles. The molecule has 0 heterocycles. The van der Waals surface area contributed by atoms with Crippen LogP contribution in [0.5, 0.6) is 17.2 Å². The Bertz CT molecular complexity index is 1110. The maximum absolute atomic E-state index is 5.87. The molecule has 0 saturated heterocycles. The fourth-order valence-electron chi connectivity index (χ4n) is 3.82.